The molecule has 7 nitrogen and oxygen atoms in total. The minimum absolute atomic E-state index is 0.0831. The zero-order valence-electron chi connectivity index (χ0n) is 12.2. The molecule has 0 bridgehead atoms. The number of hydrogen-bond donors (Lipinski definition) is 2. The minimum atomic E-state index is -3.56. The van der Waals surface area contributed by atoms with Crippen LogP contribution in [-0.2, 0) is 16.6 Å². The van der Waals surface area contributed by atoms with Crippen LogP contribution in [0.15, 0.2) is 35.5 Å². The van der Waals surface area contributed by atoms with Crippen LogP contribution in [0.2, 0.25) is 0 Å². The highest BCUT2D eigenvalue weighted by atomic mass is 32.2. The third-order valence-corrected chi connectivity index (χ3v) is 5.14. The van der Waals surface area contributed by atoms with Crippen molar-refractivity contribution in [2.24, 2.45) is 0 Å². The van der Waals surface area contributed by atoms with Gasteiger partial charge in [-0.3, -0.25) is 5.10 Å². The molecule has 0 aliphatic heterocycles. The molecule has 2 rings (SSSR count). The molecule has 8 heteroatoms. The van der Waals surface area contributed by atoms with Crippen molar-refractivity contribution in [3.8, 4) is 0 Å². The van der Waals surface area contributed by atoms with Crippen molar-refractivity contribution in [3.63, 3.8) is 0 Å². The Kier molecular flexibility index (Phi) is 4.71. The molecule has 2 N–H and O–H groups in total. The van der Waals surface area contributed by atoms with Gasteiger partial charge in [-0.1, -0.05) is 12.1 Å². The molecular formula is C13H19N5O2S. The molecular weight excluding hydrogens is 290 g/mol. The first-order valence-corrected chi connectivity index (χ1v) is 7.97. The second kappa shape index (κ2) is 6.33. The van der Waals surface area contributed by atoms with Gasteiger partial charge in [0.2, 0.25) is 10.0 Å². The zero-order valence-corrected chi connectivity index (χ0v) is 13.1. The first-order valence-electron chi connectivity index (χ1n) is 6.53. The molecule has 2 aromatic rings. The lowest BCUT2D eigenvalue weighted by molar-refractivity contribution is 0.457. The molecule has 1 aromatic carbocycles. The highest BCUT2D eigenvalue weighted by Crippen LogP contribution is 2.20. The molecule has 0 saturated carbocycles. The summed E-state index contributed by atoms with van der Waals surface area (Å²) in [5.41, 5.74) is 0.923. The van der Waals surface area contributed by atoms with E-state index in [1.807, 2.05) is 20.0 Å². The number of hydrogen-bond acceptors (Lipinski definition) is 5. The quantitative estimate of drug-likeness (QED) is 0.827. The van der Waals surface area contributed by atoms with Crippen LogP contribution in [-0.4, -0.2) is 42.0 Å². The third-order valence-electron chi connectivity index (χ3n) is 3.34. The molecule has 0 spiro atoms. The largest absolute Gasteiger partial charge is 0.313 e. The second-order valence-electron chi connectivity index (χ2n) is 4.78. The third kappa shape index (κ3) is 3.46. The lowest BCUT2D eigenvalue weighted by Crippen LogP contribution is -2.27. The van der Waals surface area contributed by atoms with Gasteiger partial charge in [0.05, 0.1) is 11.4 Å². The van der Waals surface area contributed by atoms with E-state index in [-0.39, 0.29) is 17.5 Å². The van der Waals surface area contributed by atoms with Gasteiger partial charge >= 0.3 is 0 Å². The van der Waals surface area contributed by atoms with Crippen LogP contribution in [0.25, 0.3) is 0 Å². The molecule has 0 fully saturated rings. The average Bonchev–Trinajstić information content (AvgIpc) is 2.99. The van der Waals surface area contributed by atoms with Gasteiger partial charge in [-0.05, 0) is 31.7 Å². The number of nitrogens with zero attached hydrogens (tertiary/aromatic N) is 3. The number of aromatic amines is 1. The van der Waals surface area contributed by atoms with Crippen LogP contribution >= 0.6 is 0 Å². The minimum Gasteiger partial charge on any atom is -0.313 e. The van der Waals surface area contributed by atoms with Gasteiger partial charge in [0.1, 0.15) is 12.2 Å². The maximum Gasteiger partial charge on any atom is 0.243 e. The van der Waals surface area contributed by atoms with Gasteiger partial charge in [-0.2, -0.15) is 9.40 Å². The molecule has 21 heavy (non-hydrogen) atoms. The van der Waals surface area contributed by atoms with Gasteiger partial charge in [0.25, 0.3) is 0 Å². The number of rotatable bonds is 6. The van der Waals surface area contributed by atoms with Gasteiger partial charge < -0.3 is 5.32 Å². The Morgan fingerprint density at radius 1 is 1.43 bits per heavy atom. The molecule has 0 amide bonds. The van der Waals surface area contributed by atoms with E-state index in [1.165, 1.54) is 17.7 Å². The Morgan fingerprint density at radius 2 is 2.19 bits per heavy atom. The number of nitrogens with one attached hydrogen (secondary N) is 2. The molecule has 0 aliphatic rings. The van der Waals surface area contributed by atoms with E-state index in [4.69, 9.17) is 0 Å². The fourth-order valence-electron chi connectivity index (χ4n) is 1.89. The van der Waals surface area contributed by atoms with Crippen molar-refractivity contribution in [1.29, 1.82) is 0 Å². The Morgan fingerprint density at radius 3 is 2.81 bits per heavy atom. The van der Waals surface area contributed by atoms with Gasteiger partial charge in [0.15, 0.2) is 0 Å². The summed E-state index contributed by atoms with van der Waals surface area (Å²) in [5, 5.41) is 9.46. The molecule has 1 unspecified atom stereocenters. The normalized spacial score (nSPS) is 13.5. The molecule has 1 heterocycles. The smallest absolute Gasteiger partial charge is 0.243 e. The molecule has 0 saturated heterocycles. The number of benzene rings is 1. The van der Waals surface area contributed by atoms with E-state index in [2.05, 4.69) is 20.5 Å². The standard InChI is InChI=1S/C13H19N5O2S/c1-10(14-2)11-5-4-6-12(7-11)21(19,20)18(3)8-13-15-9-16-17-13/h4-7,9-10,14H,8H2,1-3H3,(H,15,16,17). The maximum atomic E-state index is 12.6. The topological polar surface area (TPSA) is 91.0 Å². The van der Waals surface area contributed by atoms with Gasteiger partial charge in [-0.15, -0.1) is 0 Å². The van der Waals surface area contributed by atoms with Crippen molar-refractivity contribution >= 4 is 10.0 Å². The summed E-state index contributed by atoms with van der Waals surface area (Å²) in [6.07, 6.45) is 1.35. The number of sulfonamides is 1. The van der Waals surface area contributed by atoms with E-state index in [0.717, 1.165) is 5.56 Å². The van der Waals surface area contributed by atoms with E-state index < -0.39 is 10.0 Å². The lowest BCUT2D eigenvalue weighted by Gasteiger charge is -2.17. The molecule has 114 valence electrons. The van der Waals surface area contributed by atoms with E-state index in [0.29, 0.717) is 5.82 Å². The first kappa shape index (κ1) is 15.6. The predicted octanol–water partition coefficient (Wildman–Crippen LogP) is 0.906. The van der Waals surface area contributed by atoms with Crippen LogP contribution in [0.5, 0.6) is 0 Å². The fourth-order valence-corrected chi connectivity index (χ4v) is 3.08. The summed E-state index contributed by atoms with van der Waals surface area (Å²) in [5.74, 6) is 0.501. The number of H-pyrrole nitrogens is 1. The summed E-state index contributed by atoms with van der Waals surface area (Å²) in [6, 6.07) is 7.01. The van der Waals surface area contributed by atoms with Crippen LogP contribution in [0, 0.1) is 0 Å². The van der Waals surface area contributed by atoms with Crippen molar-refractivity contribution in [1.82, 2.24) is 24.8 Å². The summed E-state index contributed by atoms with van der Waals surface area (Å²) in [4.78, 5) is 4.21. The Balaban J connectivity index is 2.26. The van der Waals surface area contributed by atoms with Crippen molar-refractivity contribution in [3.05, 3.63) is 42.0 Å². The van der Waals surface area contributed by atoms with E-state index >= 15 is 0 Å². The fraction of sp³-hybridized carbons (Fsp3) is 0.385. The highest BCUT2D eigenvalue weighted by molar-refractivity contribution is 7.89. The van der Waals surface area contributed by atoms with Crippen LogP contribution in [0.4, 0.5) is 0 Å². The van der Waals surface area contributed by atoms with Crippen molar-refractivity contribution in [2.75, 3.05) is 14.1 Å². The van der Waals surface area contributed by atoms with Crippen LogP contribution in [0.3, 0.4) is 0 Å². The molecule has 0 aliphatic carbocycles. The van der Waals surface area contributed by atoms with Crippen LogP contribution in [0.1, 0.15) is 24.4 Å². The van der Waals surface area contributed by atoms with Crippen molar-refractivity contribution < 1.29 is 8.42 Å². The Labute approximate surface area is 124 Å². The average molecular weight is 309 g/mol. The van der Waals surface area contributed by atoms with Gasteiger partial charge in [0, 0.05) is 13.1 Å². The zero-order chi connectivity index (χ0) is 15.5. The summed E-state index contributed by atoms with van der Waals surface area (Å²) in [7, 11) is -0.206. The first-order chi connectivity index (χ1) is 9.95. The Bertz CT molecular complexity index is 684. The van der Waals surface area contributed by atoms with E-state index in [9.17, 15) is 8.42 Å². The predicted molar refractivity (Wildman–Crippen MR) is 79.0 cm³/mol. The van der Waals surface area contributed by atoms with Gasteiger partial charge in [-0.25, -0.2) is 13.4 Å². The summed E-state index contributed by atoms with van der Waals surface area (Å²) < 4.78 is 26.4. The van der Waals surface area contributed by atoms with Crippen molar-refractivity contribution in [2.45, 2.75) is 24.4 Å². The molecule has 0 radical (unpaired) electrons. The monoisotopic (exact) mass is 309 g/mol. The second-order valence-corrected chi connectivity index (χ2v) is 6.82. The van der Waals surface area contributed by atoms with Crippen LogP contribution < -0.4 is 5.32 Å². The SMILES string of the molecule is CNC(C)c1cccc(S(=O)(=O)N(C)Cc2ncn[nH]2)c1. The highest BCUT2D eigenvalue weighted by Gasteiger charge is 2.22. The Hall–Kier alpha value is -1.77. The maximum absolute atomic E-state index is 12.6. The lowest BCUT2D eigenvalue weighted by atomic mass is 10.1. The summed E-state index contributed by atoms with van der Waals surface area (Å²) in [6.45, 7) is 2.12. The molecule has 1 aromatic heterocycles. The number of aromatic nitrogens is 3. The molecule has 1 atom stereocenters. The summed E-state index contributed by atoms with van der Waals surface area (Å²) >= 11 is 0. The van der Waals surface area contributed by atoms with E-state index in [1.54, 1.807) is 18.2 Å².